The van der Waals surface area contributed by atoms with Gasteiger partial charge in [-0.3, -0.25) is 0 Å². The zero-order valence-electron chi connectivity index (χ0n) is 46.3. The van der Waals surface area contributed by atoms with Crippen LogP contribution in [0.2, 0.25) is 10.0 Å². The van der Waals surface area contributed by atoms with E-state index in [1.807, 2.05) is 47.7 Å². The van der Waals surface area contributed by atoms with Crippen molar-refractivity contribution in [3.63, 3.8) is 0 Å². The summed E-state index contributed by atoms with van der Waals surface area (Å²) in [5, 5.41) is 7.79. The van der Waals surface area contributed by atoms with Gasteiger partial charge in [-0.15, -0.1) is 11.3 Å². The molecule has 18 rings (SSSR count). The van der Waals surface area contributed by atoms with Gasteiger partial charge in [0.25, 0.3) is 0 Å². The molecule has 3 aromatic heterocycles. The van der Waals surface area contributed by atoms with Gasteiger partial charge in [-0.2, -0.15) is 0 Å². The molecule has 0 saturated heterocycles. The van der Waals surface area contributed by atoms with Crippen LogP contribution in [0.25, 0.3) is 97.4 Å². The molecule has 0 radical (unpaired) electrons. The lowest BCUT2D eigenvalue weighted by Crippen LogP contribution is -2.32. The number of hydrogen-bond acceptors (Lipinski definition) is 6. The minimum Gasteiger partial charge on any atom is -0.457 e. The summed E-state index contributed by atoms with van der Waals surface area (Å²) in [6, 6.07) is 99.4. The first-order chi connectivity index (χ1) is 42.9. The highest BCUT2D eigenvalue weighted by molar-refractivity contribution is 7.26. The second kappa shape index (κ2) is 19.3. The summed E-state index contributed by atoms with van der Waals surface area (Å²) in [6.07, 6.45) is 0. The summed E-state index contributed by atoms with van der Waals surface area (Å²) in [5.41, 5.74) is 19.0. The second-order valence-electron chi connectivity index (χ2n) is 22.5. The Labute approximate surface area is 514 Å². The van der Waals surface area contributed by atoms with Gasteiger partial charge in [-0.05, 0) is 131 Å². The number of furan rings is 2. The van der Waals surface area contributed by atoms with E-state index in [0.717, 1.165) is 134 Å². The molecular weight excluding hydrogens is 1130 g/mol. The highest BCUT2D eigenvalue weighted by Gasteiger charge is 2.52. The number of halogens is 2. The Morgan fingerprint density at radius 3 is 1.59 bits per heavy atom. The number of ether oxygens (including phenoxy) is 1. The molecule has 0 amide bonds. The zero-order valence-corrected chi connectivity index (χ0v) is 48.7. The van der Waals surface area contributed by atoms with E-state index in [0.29, 0.717) is 21.5 Å². The van der Waals surface area contributed by atoms with E-state index in [4.69, 9.17) is 36.8 Å². The lowest BCUT2D eigenvalue weighted by atomic mass is 9.66. The molecule has 0 bridgehead atoms. The molecule has 1 spiro atoms. The Morgan fingerprint density at radius 2 is 0.874 bits per heavy atom. The first kappa shape index (κ1) is 50.0. The molecule has 5 nitrogen and oxygen atoms in total. The Kier molecular flexibility index (Phi) is 11.1. The number of benzene rings is 13. The van der Waals surface area contributed by atoms with E-state index in [2.05, 4.69) is 252 Å². The van der Waals surface area contributed by atoms with Gasteiger partial charge >= 0.3 is 0 Å². The third kappa shape index (κ3) is 7.52. The molecule has 0 N–H and O–H groups in total. The van der Waals surface area contributed by atoms with E-state index in [1.54, 1.807) is 0 Å². The summed E-state index contributed by atoms with van der Waals surface area (Å²) >= 11 is 15.7. The predicted molar refractivity (Wildman–Crippen MR) is 362 cm³/mol. The summed E-state index contributed by atoms with van der Waals surface area (Å²) in [5.74, 6) is 1.34. The molecule has 13 aromatic carbocycles. The van der Waals surface area contributed by atoms with Crippen molar-refractivity contribution in [3.05, 3.63) is 311 Å². The van der Waals surface area contributed by atoms with Gasteiger partial charge in [0.2, 0.25) is 0 Å². The van der Waals surface area contributed by atoms with Gasteiger partial charge < -0.3 is 23.4 Å². The number of para-hydroxylation sites is 5. The Bertz CT molecular complexity index is 5450. The maximum absolute atomic E-state index is 6.96. The van der Waals surface area contributed by atoms with Crippen LogP contribution in [-0.2, 0) is 5.41 Å². The quantitative estimate of drug-likeness (QED) is 0.152. The fourth-order valence-corrected chi connectivity index (χ4v) is 15.7. The Morgan fingerprint density at radius 1 is 0.333 bits per heavy atom. The van der Waals surface area contributed by atoms with E-state index >= 15 is 0 Å². The third-order valence-corrected chi connectivity index (χ3v) is 19.5. The maximum Gasteiger partial charge on any atom is 0.143 e. The standard InChI is InChI=1S/C79H46Cl2N2O3S/c80-48-34-37-66-72(40-48)84-73-41-49(81)35-38-67(73)79(66)65-39-36-52(82(50-20-6-2-7-21-50)53-45-62-57-26-12-15-33-74(57)87-78(62)63(46-53)59-28-16-27-58-55-24-10-13-31-70(55)85-76(58)59)42-64(65)75-68(79)29-17-30-69(75)83(51-22-8-3-9-23-51)54-43-60(47-18-4-1-5-19-47)77-61(44-54)56-25-11-14-32-71(56)86-77/h1-46H. The number of anilines is 6. The van der Waals surface area contributed by atoms with Gasteiger partial charge in [0.15, 0.2) is 0 Å². The number of hydrogen-bond donors (Lipinski definition) is 0. The van der Waals surface area contributed by atoms with Gasteiger partial charge in [-0.1, -0.05) is 193 Å². The van der Waals surface area contributed by atoms with Crippen LogP contribution >= 0.6 is 34.5 Å². The average molecular weight is 1170 g/mol. The molecule has 2 aliphatic rings. The number of rotatable bonds is 8. The van der Waals surface area contributed by atoms with Gasteiger partial charge in [0, 0.05) is 114 Å². The molecule has 4 heterocycles. The minimum absolute atomic E-state index is 0.577. The molecule has 1 aliphatic heterocycles. The smallest absolute Gasteiger partial charge is 0.143 e. The molecule has 0 atom stereocenters. The first-order valence-electron chi connectivity index (χ1n) is 29.1. The maximum atomic E-state index is 6.96. The summed E-state index contributed by atoms with van der Waals surface area (Å²) in [7, 11) is 0. The number of nitrogens with zero attached hydrogens (tertiary/aromatic N) is 2. The van der Waals surface area contributed by atoms with Crippen molar-refractivity contribution in [3.8, 4) is 44.9 Å². The van der Waals surface area contributed by atoms with Crippen LogP contribution < -0.4 is 14.5 Å². The van der Waals surface area contributed by atoms with Gasteiger partial charge in [-0.25, -0.2) is 0 Å². The van der Waals surface area contributed by atoms with Crippen molar-refractivity contribution in [2.75, 3.05) is 9.80 Å². The summed E-state index contributed by atoms with van der Waals surface area (Å²) in [4.78, 5) is 4.86. The Balaban J connectivity index is 0.941. The molecule has 0 fully saturated rings. The lowest BCUT2D eigenvalue weighted by Gasteiger charge is -2.39. The normalized spacial score (nSPS) is 12.9. The van der Waals surface area contributed by atoms with E-state index in [1.165, 1.54) is 20.2 Å². The SMILES string of the molecule is Clc1ccc2c(c1)Oc1cc(Cl)ccc1C21c2ccc(N(c3ccccc3)c3cc(-c4cccc5c4oc4ccccc45)c4sc5ccccc5c4c3)cc2-c2c(N(c3ccccc3)c3cc(-c4ccccc4)c4oc5ccccc5c4c3)cccc21. The highest BCUT2D eigenvalue weighted by atomic mass is 35.5. The number of thiophene rings is 1. The largest absolute Gasteiger partial charge is 0.457 e. The van der Waals surface area contributed by atoms with Gasteiger partial charge in [0.1, 0.15) is 33.8 Å². The van der Waals surface area contributed by atoms with Crippen LogP contribution in [0.15, 0.2) is 288 Å². The molecule has 1 aliphatic carbocycles. The number of fused-ring (bicyclic) bond motifs is 18. The topological polar surface area (TPSA) is 42.0 Å². The van der Waals surface area contributed by atoms with Crippen LogP contribution in [0.4, 0.5) is 34.1 Å². The van der Waals surface area contributed by atoms with Crippen molar-refractivity contribution in [1.82, 2.24) is 0 Å². The molecule has 0 saturated carbocycles. The van der Waals surface area contributed by atoms with Crippen LogP contribution in [-0.4, -0.2) is 0 Å². The molecule has 87 heavy (non-hydrogen) atoms. The van der Waals surface area contributed by atoms with Crippen molar-refractivity contribution >= 4 is 133 Å². The van der Waals surface area contributed by atoms with Crippen molar-refractivity contribution in [2.24, 2.45) is 0 Å². The van der Waals surface area contributed by atoms with Crippen molar-refractivity contribution in [2.45, 2.75) is 5.41 Å². The average Bonchev–Trinajstić information content (AvgIpc) is 1.61. The van der Waals surface area contributed by atoms with Crippen molar-refractivity contribution < 1.29 is 13.6 Å². The summed E-state index contributed by atoms with van der Waals surface area (Å²) in [6.45, 7) is 0. The second-order valence-corrected chi connectivity index (χ2v) is 24.4. The predicted octanol–water partition coefficient (Wildman–Crippen LogP) is 23.9. The van der Waals surface area contributed by atoms with E-state index in [-0.39, 0.29) is 0 Å². The fraction of sp³-hybridized carbons (Fsp3) is 0.0127. The van der Waals surface area contributed by atoms with Crippen LogP contribution in [0.1, 0.15) is 22.3 Å². The monoisotopic (exact) mass is 1170 g/mol. The van der Waals surface area contributed by atoms with Crippen LogP contribution in [0.5, 0.6) is 11.5 Å². The molecule has 410 valence electrons. The molecule has 16 aromatic rings. The first-order valence-corrected chi connectivity index (χ1v) is 30.7. The van der Waals surface area contributed by atoms with Crippen molar-refractivity contribution in [1.29, 1.82) is 0 Å². The molecule has 8 heteroatoms. The third-order valence-electron chi connectivity index (χ3n) is 17.8. The van der Waals surface area contributed by atoms with E-state index < -0.39 is 5.41 Å². The highest BCUT2D eigenvalue weighted by Crippen LogP contribution is 2.65. The van der Waals surface area contributed by atoms with Gasteiger partial charge in [0.05, 0.1) is 11.1 Å². The Hall–Kier alpha value is -10.3. The molecule has 0 unspecified atom stereocenters. The summed E-state index contributed by atoms with van der Waals surface area (Å²) < 4.78 is 23.0. The fourth-order valence-electron chi connectivity index (χ4n) is 14.2. The zero-order chi connectivity index (χ0) is 57.5. The van der Waals surface area contributed by atoms with Crippen LogP contribution in [0, 0.1) is 0 Å². The molecular formula is C79H46Cl2N2O3S. The lowest BCUT2D eigenvalue weighted by molar-refractivity contribution is 0.436. The van der Waals surface area contributed by atoms with Crippen LogP contribution in [0.3, 0.4) is 0 Å². The minimum atomic E-state index is -0.899. The van der Waals surface area contributed by atoms with E-state index in [9.17, 15) is 0 Å².